The minimum Gasteiger partial charge on any atom is -0.462 e. The summed E-state index contributed by atoms with van der Waals surface area (Å²) in [6, 6.07) is -0.706. The Bertz CT molecular complexity index is 1010. The number of unbranched alkanes of at least 4 members (excludes halogenated alkanes) is 31. The van der Waals surface area contributed by atoms with Crippen LogP contribution in [0.3, 0.4) is 0 Å². The fraction of sp³-hybridized carbons (Fsp3) is 0.855. The van der Waals surface area contributed by atoms with Crippen molar-refractivity contribution in [1.82, 2.24) is 5.32 Å². The normalized spacial score (nSPS) is 13.5. The van der Waals surface area contributed by atoms with E-state index in [1.165, 1.54) is 161 Å². The average Bonchev–Trinajstić information content (AvgIpc) is 3.25. The second-order valence-electron chi connectivity index (χ2n) is 18.3. The lowest BCUT2D eigenvalue weighted by Gasteiger charge is -2.24. The van der Waals surface area contributed by atoms with E-state index in [0.29, 0.717) is 19.3 Å². The molecule has 0 saturated heterocycles. The molecule has 0 heterocycles. The number of aliphatic hydroxyl groups is 2. The van der Waals surface area contributed by atoms with Gasteiger partial charge in [-0.15, -0.1) is 0 Å². The van der Waals surface area contributed by atoms with Crippen molar-refractivity contribution in [3.8, 4) is 0 Å². The van der Waals surface area contributed by atoms with Crippen LogP contribution in [0.15, 0.2) is 36.5 Å². The largest absolute Gasteiger partial charge is 0.462 e. The Morgan fingerprint density at radius 3 is 1.31 bits per heavy atom. The summed E-state index contributed by atoms with van der Waals surface area (Å²) in [7, 11) is 0. The van der Waals surface area contributed by atoms with Crippen LogP contribution < -0.4 is 5.32 Å². The number of esters is 1. The van der Waals surface area contributed by atoms with Crippen LogP contribution in [0, 0.1) is 0 Å². The molecule has 6 heteroatoms. The van der Waals surface area contributed by atoms with E-state index in [-0.39, 0.29) is 24.9 Å². The van der Waals surface area contributed by atoms with Crippen molar-refractivity contribution in [2.24, 2.45) is 0 Å². The summed E-state index contributed by atoms with van der Waals surface area (Å²) in [6.45, 7) is 6.46. The molecule has 0 aromatic rings. The van der Waals surface area contributed by atoms with Crippen LogP contribution in [0.5, 0.6) is 0 Å². The molecule has 3 N–H and O–H groups in total. The molecule has 0 radical (unpaired) electrons. The number of carbonyl (C=O) groups is 2. The van der Waals surface area contributed by atoms with Gasteiger partial charge in [0.1, 0.15) is 6.10 Å². The second-order valence-corrected chi connectivity index (χ2v) is 18.3. The van der Waals surface area contributed by atoms with Crippen molar-refractivity contribution in [1.29, 1.82) is 0 Å². The van der Waals surface area contributed by atoms with Gasteiger partial charge in [0.2, 0.25) is 5.91 Å². The van der Waals surface area contributed by atoms with Gasteiger partial charge < -0.3 is 20.3 Å². The van der Waals surface area contributed by atoms with Gasteiger partial charge >= 0.3 is 5.97 Å². The van der Waals surface area contributed by atoms with E-state index in [9.17, 15) is 19.8 Å². The number of carbonyl (C=O) groups excluding carboxylic acids is 2. The highest BCUT2D eigenvalue weighted by molar-refractivity contribution is 5.77. The molecule has 0 aliphatic heterocycles. The topological polar surface area (TPSA) is 95.9 Å². The smallest absolute Gasteiger partial charge is 0.306 e. The summed E-state index contributed by atoms with van der Waals surface area (Å²) in [4.78, 5) is 26.2. The maximum atomic E-state index is 13.2. The van der Waals surface area contributed by atoms with Crippen LogP contribution in [-0.4, -0.2) is 46.9 Å². The number of hydrogen-bond acceptors (Lipinski definition) is 5. The monoisotopic (exact) mass is 858 g/mol. The molecule has 3 unspecified atom stereocenters. The molecule has 6 nitrogen and oxygen atoms in total. The van der Waals surface area contributed by atoms with Crippen molar-refractivity contribution in [3.05, 3.63) is 36.5 Å². The van der Waals surface area contributed by atoms with Crippen LogP contribution in [0.1, 0.15) is 278 Å². The summed E-state index contributed by atoms with van der Waals surface area (Å²) in [5, 5.41) is 23.8. The Morgan fingerprint density at radius 1 is 0.475 bits per heavy atom. The van der Waals surface area contributed by atoms with Crippen LogP contribution in [0.4, 0.5) is 0 Å². The van der Waals surface area contributed by atoms with Gasteiger partial charge in [-0.25, -0.2) is 0 Å². The first kappa shape index (κ1) is 59.1. The van der Waals surface area contributed by atoms with E-state index in [2.05, 4.69) is 62.5 Å². The first-order chi connectivity index (χ1) is 30.0. The Kier molecular flexibility index (Phi) is 47.6. The highest BCUT2D eigenvalue weighted by Gasteiger charge is 2.24. The van der Waals surface area contributed by atoms with Gasteiger partial charge in [0.05, 0.1) is 25.2 Å². The minimum atomic E-state index is -0.791. The zero-order chi connectivity index (χ0) is 44.5. The molecule has 0 fully saturated rings. The Balaban J connectivity index is 4.61. The molecule has 0 saturated carbocycles. The highest BCUT2D eigenvalue weighted by atomic mass is 16.5. The quantitative estimate of drug-likeness (QED) is 0.0245. The molecule has 0 rings (SSSR count). The van der Waals surface area contributed by atoms with Crippen molar-refractivity contribution in [2.75, 3.05) is 6.61 Å². The van der Waals surface area contributed by atoms with E-state index in [1.807, 2.05) is 0 Å². The first-order valence-corrected chi connectivity index (χ1v) is 26.7. The van der Waals surface area contributed by atoms with Gasteiger partial charge in [0.25, 0.3) is 0 Å². The van der Waals surface area contributed by atoms with E-state index >= 15 is 0 Å². The zero-order valence-corrected chi connectivity index (χ0v) is 40.8. The van der Waals surface area contributed by atoms with E-state index < -0.39 is 18.2 Å². The number of aliphatic hydroxyl groups excluding tert-OH is 2. The van der Waals surface area contributed by atoms with E-state index in [0.717, 1.165) is 70.6 Å². The lowest BCUT2D eigenvalue weighted by Crippen LogP contribution is -2.46. The Morgan fingerprint density at radius 2 is 0.836 bits per heavy atom. The predicted molar refractivity (Wildman–Crippen MR) is 264 cm³/mol. The molecule has 0 spiro atoms. The van der Waals surface area contributed by atoms with E-state index in [4.69, 9.17) is 4.74 Å². The third-order valence-electron chi connectivity index (χ3n) is 12.2. The molecule has 0 aliphatic rings. The average molecular weight is 858 g/mol. The Hall–Kier alpha value is -1.92. The second kappa shape index (κ2) is 49.1. The van der Waals surface area contributed by atoms with Gasteiger partial charge in [0.15, 0.2) is 0 Å². The first-order valence-electron chi connectivity index (χ1n) is 26.7. The molecule has 0 aromatic carbocycles. The summed E-state index contributed by atoms with van der Waals surface area (Å²) >= 11 is 0. The lowest BCUT2D eigenvalue weighted by molar-refractivity contribution is -0.151. The number of allylic oxidation sites excluding steroid dienone is 6. The maximum Gasteiger partial charge on any atom is 0.306 e. The van der Waals surface area contributed by atoms with Gasteiger partial charge in [0, 0.05) is 6.42 Å². The number of amides is 1. The molecule has 0 bridgehead atoms. The van der Waals surface area contributed by atoms with Gasteiger partial charge in [-0.2, -0.15) is 0 Å². The summed E-state index contributed by atoms with van der Waals surface area (Å²) in [5.41, 5.74) is 0. The fourth-order valence-corrected chi connectivity index (χ4v) is 8.12. The third-order valence-corrected chi connectivity index (χ3v) is 12.2. The van der Waals surface area contributed by atoms with Crippen molar-refractivity contribution < 1.29 is 24.5 Å². The molecular formula is C55H103NO5. The summed E-state index contributed by atoms with van der Waals surface area (Å²) in [5.74, 6) is -0.493. The zero-order valence-electron chi connectivity index (χ0n) is 40.8. The van der Waals surface area contributed by atoms with Crippen molar-refractivity contribution in [3.63, 3.8) is 0 Å². The molecule has 3 atom stereocenters. The number of hydrogen-bond donors (Lipinski definition) is 3. The van der Waals surface area contributed by atoms with Crippen molar-refractivity contribution >= 4 is 11.9 Å². The van der Waals surface area contributed by atoms with Gasteiger partial charge in [-0.3, -0.25) is 9.59 Å². The van der Waals surface area contributed by atoms with E-state index in [1.54, 1.807) is 0 Å². The number of nitrogens with one attached hydrogen (secondary N) is 1. The maximum absolute atomic E-state index is 13.2. The Labute approximate surface area is 379 Å². The lowest BCUT2D eigenvalue weighted by atomic mass is 10.0. The summed E-state index contributed by atoms with van der Waals surface area (Å²) < 4.78 is 5.93. The molecule has 1 amide bonds. The molecular weight excluding hydrogens is 755 g/mol. The highest BCUT2D eigenvalue weighted by Crippen LogP contribution is 2.18. The standard InChI is InChI=1S/C55H103NO5/c1-4-7-10-13-16-19-22-24-26-28-29-32-34-37-40-43-46-51(61-55(60)48-45-42-39-36-33-30-27-25-23-20-17-14-11-8-5-2)49-54(59)56-52(50-57)53(58)47-44-41-38-35-31-21-18-15-12-9-6-3/h17,20,23,25,29,32,51-53,57-58H,4-16,18-19,21-22,24,26-28,30-31,33-50H2,1-3H3,(H,56,59)/b20-17+,25-23+,32-29+. The van der Waals surface area contributed by atoms with Crippen LogP contribution >= 0.6 is 0 Å². The fourth-order valence-electron chi connectivity index (χ4n) is 8.12. The van der Waals surface area contributed by atoms with Crippen molar-refractivity contribution in [2.45, 2.75) is 296 Å². The summed E-state index contributed by atoms with van der Waals surface area (Å²) in [6.07, 6.45) is 57.7. The number of rotatable bonds is 48. The molecule has 0 aliphatic carbocycles. The van der Waals surface area contributed by atoms with Crippen LogP contribution in [-0.2, 0) is 14.3 Å². The predicted octanol–water partition coefficient (Wildman–Crippen LogP) is 16.1. The van der Waals surface area contributed by atoms with Gasteiger partial charge in [-0.1, -0.05) is 224 Å². The third kappa shape index (κ3) is 44.5. The molecule has 61 heavy (non-hydrogen) atoms. The minimum absolute atomic E-state index is 0.0646. The van der Waals surface area contributed by atoms with Crippen LogP contribution in [0.2, 0.25) is 0 Å². The van der Waals surface area contributed by atoms with Gasteiger partial charge in [-0.05, 0) is 77.0 Å². The molecule has 0 aromatic heterocycles. The van der Waals surface area contributed by atoms with Crippen LogP contribution in [0.25, 0.3) is 0 Å². The molecule has 358 valence electrons. The number of ether oxygens (including phenoxy) is 1. The SMILES string of the molecule is CCCCC/C=C/C=C/CCCCCCCCC(=O)OC(CCCCC/C=C/CCCCCCCCCCC)CC(=O)NC(CO)C(O)CCCCCCCCCCCCC.